The maximum atomic E-state index is 10.9. The number of aliphatic imine (C=N–C) groups is 2. The molecule has 14 heteroatoms. The monoisotopic (exact) mass is 918 g/mol. The number of guanidine groups is 2. The number of benzene rings is 2. The number of fused-ring (bicyclic) bond motifs is 2. The van der Waals surface area contributed by atoms with Crippen LogP contribution in [0.15, 0.2) is 34.3 Å². The van der Waals surface area contributed by atoms with E-state index in [1.807, 2.05) is 26.3 Å². The van der Waals surface area contributed by atoms with Crippen LogP contribution in [-0.2, 0) is 29.6 Å². The van der Waals surface area contributed by atoms with Crippen molar-refractivity contribution in [2.45, 2.75) is 130 Å². The van der Waals surface area contributed by atoms with E-state index < -0.39 is 6.16 Å². The minimum absolute atomic E-state index is 0. The summed E-state index contributed by atoms with van der Waals surface area (Å²) in [6, 6.07) is 8.28. The molecule has 63 heavy (non-hydrogen) atoms. The molecule has 0 bridgehead atoms. The van der Waals surface area contributed by atoms with Crippen molar-refractivity contribution in [3.05, 3.63) is 57.6 Å². The van der Waals surface area contributed by atoms with Crippen molar-refractivity contribution < 1.29 is 51.2 Å². The zero-order valence-electron chi connectivity index (χ0n) is 39.2. The van der Waals surface area contributed by atoms with Crippen LogP contribution in [0.1, 0.15) is 124 Å². The number of nitrogens with zero attached hydrogens (tertiary/aromatic N) is 8. The summed E-state index contributed by atoms with van der Waals surface area (Å²) in [5, 5.41) is 35.8. The van der Waals surface area contributed by atoms with E-state index in [1.54, 1.807) is 0 Å². The number of unbranched alkanes of at least 4 members (excludes halogenated alkanes) is 6. The van der Waals surface area contributed by atoms with Gasteiger partial charge in [0.2, 0.25) is 0 Å². The van der Waals surface area contributed by atoms with E-state index in [0.29, 0.717) is 11.5 Å². The molecule has 4 aliphatic heterocycles. The molecular weight excluding hydrogens is 840 g/mol. The fraction of sp³-hybridized carbons (Fsp3) is 0.653. The van der Waals surface area contributed by atoms with Gasteiger partial charge in [-0.15, -0.1) is 0 Å². The summed E-state index contributed by atoms with van der Waals surface area (Å²) in [6.07, 6.45) is 18.6. The average Bonchev–Trinajstić information content (AvgIpc) is 3.24. The normalized spacial score (nSPS) is 17.7. The van der Waals surface area contributed by atoms with Gasteiger partial charge in [-0.25, -0.2) is 4.79 Å². The zero-order chi connectivity index (χ0) is 44.6. The Labute approximate surface area is 388 Å². The Kier molecular flexibility index (Phi) is 21.1. The number of phenolic OH excluding ortho intramolecular Hbond substituents is 2. The van der Waals surface area contributed by atoms with Crippen molar-refractivity contribution in [2.24, 2.45) is 9.98 Å². The van der Waals surface area contributed by atoms with Crippen LogP contribution >= 0.6 is 0 Å². The van der Waals surface area contributed by atoms with Crippen molar-refractivity contribution in [1.29, 1.82) is 0 Å². The van der Waals surface area contributed by atoms with E-state index in [1.165, 1.54) is 140 Å². The second-order valence-electron chi connectivity index (χ2n) is 18.2. The van der Waals surface area contributed by atoms with Crippen molar-refractivity contribution in [1.82, 2.24) is 19.6 Å². The SMILES string of the molecule is Cc1cc(CCCCCCN2CCCN3CCC[N+](C)=C23)cc(C=NC(C)C(C)N=Cc2cc(CCCCCCN3CCCN4CCC[N+](C)=C34)cc(C)c2O)c1O.O=C(O)O.[Co]. The molecule has 2 aromatic rings. The van der Waals surface area contributed by atoms with Crippen LogP contribution in [-0.4, -0.2) is 171 Å². The smallest absolute Gasteiger partial charge is 0.503 e. The molecule has 4 heterocycles. The van der Waals surface area contributed by atoms with Crippen LogP contribution in [0, 0.1) is 13.8 Å². The number of rotatable bonds is 19. The topological polar surface area (TPSA) is 142 Å². The first-order valence-corrected chi connectivity index (χ1v) is 23.6. The quantitative estimate of drug-likeness (QED) is 0.0651. The summed E-state index contributed by atoms with van der Waals surface area (Å²) in [5.41, 5.74) is 5.85. The van der Waals surface area contributed by atoms with Gasteiger partial charge in [-0.1, -0.05) is 37.8 Å². The Morgan fingerprint density at radius 1 is 0.619 bits per heavy atom. The van der Waals surface area contributed by atoms with Gasteiger partial charge in [-0.3, -0.25) is 38.7 Å². The molecule has 0 spiro atoms. The number of hydrogen-bond donors (Lipinski definition) is 4. The Morgan fingerprint density at radius 3 is 1.38 bits per heavy atom. The Balaban J connectivity index is 0.00000167. The summed E-state index contributed by atoms with van der Waals surface area (Å²) in [4.78, 5) is 28.6. The fourth-order valence-corrected chi connectivity index (χ4v) is 9.58. The molecule has 0 amide bonds. The van der Waals surface area contributed by atoms with Crippen molar-refractivity contribution in [3.63, 3.8) is 0 Å². The molecule has 6 rings (SSSR count). The van der Waals surface area contributed by atoms with Crippen molar-refractivity contribution in [2.75, 3.05) is 79.5 Å². The largest absolute Gasteiger partial charge is 0.507 e. The molecular formula is C49H78CoN8O5+2. The van der Waals surface area contributed by atoms with Gasteiger partial charge in [0.15, 0.2) is 0 Å². The molecule has 4 N–H and O–H groups in total. The first-order chi connectivity index (χ1) is 29.8. The molecule has 2 fully saturated rings. The molecule has 1 radical (unpaired) electrons. The fourth-order valence-electron chi connectivity index (χ4n) is 9.58. The first kappa shape index (κ1) is 51.3. The van der Waals surface area contributed by atoms with E-state index in [9.17, 15) is 10.2 Å². The summed E-state index contributed by atoms with van der Waals surface area (Å²) < 4.78 is 4.91. The van der Waals surface area contributed by atoms with Crippen LogP contribution < -0.4 is 0 Å². The van der Waals surface area contributed by atoms with Gasteiger partial charge >= 0.3 is 18.1 Å². The standard InChI is InChI=1S/C48H74N8O2.CH2O3.Co/c1-37-31-41(19-11-7-9-13-23-53-27-17-29-55-25-15-21-51(5)47(53)55)33-43(45(37)57)35-49-39(3)40(4)50-36-44-34-42(32-38(2)46(44)58)20-12-8-10-14-24-54-28-18-30-56-26-16-22-52(6)48(54)56;2-1(3)4;/h31-36,39-40H,7-30H2,1-6H3;(H2,2,3,4);/p+2. The van der Waals surface area contributed by atoms with E-state index in [-0.39, 0.29) is 28.9 Å². The first-order valence-electron chi connectivity index (χ1n) is 23.6. The number of carbonyl (C=O) groups is 1. The zero-order valence-corrected chi connectivity index (χ0v) is 40.2. The Morgan fingerprint density at radius 2 is 0.984 bits per heavy atom. The Bertz CT molecular complexity index is 1780. The third kappa shape index (κ3) is 15.4. The van der Waals surface area contributed by atoms with Gasteiger partial charge in [0.1, 0.15) is 11.5 Å². The molecule has 0 saturated carbocycles. The molecule has 4 aliphatic rings. The summed E-state index contributed by atoms with van der Waals surface area (Å²) >= 11 is 0. The van der Waals surface area contributed by atoms with Crippen LogP contribution in [0.4, 0.5) is 4.79 Å². The third-order valence-corrected chi connectivity index (χ3v) is 13.0. The van der Waals surface area contributed by atoms with E-state index >= 15 is 0 Å². The van der Waals surface area contributed by atoms with Crippen molar-refractivity contribution >= 4 is 30.5 Å². The van der Waals surface area contributed by atoms with Gasteiger partial charge in [-0.05, 0) is 101 Å². The van der Waals surface area contributed by atoms with Gasteiger partial charge in [-0.2, -0.15) is 0 Å². The van der Waals surface area contributed by atoms with E-state index in [0.717, 1.165) is 61.0 Å². The molecule has 2 aromatic carbocycles. The minimum atomic E-state index is -1.83. The molecule has 0 aromatic heterocycles. The number of phenols is 2. The van der Waals surface area contributed by atoms with Gasteiger partial charge < -0.3 is 20.4 Å². The van der Waals surface area contributed by atoms with Crippen molar-refractivity contribution in [3.8, 4) is 11.5 Å². The predicted octanol–water partition coefficient (Wildman–Crippen LogP) is 7.27. The van der Waals surface area contributed by atoms with E-state index in [4.69, 9.17) is 25.0 Å². The van der Waals surface area contributed by atoms with Crippen LogP contribution in [0.5, 0.6) is 11.5 Å². The summed E-state index contributed by atoms with van der Waals surface area (Å²) in [7, 11) is 4.50. The summed E-state index contributed by atoms with van der Waals surface area (Å²) in [5.74, 6) is 3.52. The number of aromatic hydroxyl groups is 2. The average molecular weight is 918 g/mol. The number of carboxylic acid groups (broad SMARTS) is 2. The second kappa shape index (κ2) is 25.9. The predicted molar refractivity (Wildman–Crippen MR) is 252 cm³/mol. The second-order valence-corrected chi connectivity index (χ2v) is 18.2. The molecule has 0 aliphatic carbocycles. The van der Waals surface area contributed by atoms with Crippen LogP contribution in [0.25, 0.3) is 0 Å². The maximum absolute atomic E-state index is 10.9. The van der Waals surface area contributed by atoms with Crippen LogP contribution in [0.2, 0.25) is 0 Å². The Hall–Kier alpha value is -4.30. The van der Waals surface area contributed by atoms with Crippen LogP contribution in [0.3, 0.4) is 0 Å². The van der Waals surface area contributed by atoms with Gasteiger partial charge in [0.05, 0.1) is 91.6 Å². The molecule has 351 valence electrons. The molecule has 13 nitrogen and oxygen atoms in total. The molecule has 2 unspecified atom stereocenters. The summed E-state index contributed by atoms with van der Waals surface area (Å²) in [6.45, 7) is 19.9. The van der Waals surface area contributed by atoms with Gasteiger partial charge in [0, 0.05) is 66.0 Å². The van der Waals surface area contributed by atoms with E-state index in [2.05, 4.69) is 81.0 Å². The minimum Gasteiger partial charge on any atom is -0.507 e. The maximum Gasteiger partial charge on any atom is 0.503 e. The third-order valence-electron chi connectivity index (χ3n) is 13.0. The number of aryl methyl sites for hydroxylation is 4. The molecule has 2 saturated heterocycles. The number of hydrogen-bond acceptors (Lipinski definition) is 9. The van der Waals surface area contributed by atoms with Gasteiger partial charge in [0.25, 0.3) is 0 Å². The molecule has 2 atom stereocenters.